The Labute approximate surface area is 92.5 Å². The Morgan fingerprint density at radius 3 is 2.73 bits per heavy atom. The highest BCUT2D eigenvalue weighted by Gasteiger charge is 2.24. The fraction of sp³-hybridized carbons (Fsp3) is 1.00. The van der Waals surface area contributed by atoms with Crippen molar-refractivity contribution in [2.45, 2.75) is 31.7 Å². The number of hydrogen-bond donors (Lipinski definition) is 2. The van der Waals surface area contributed by atoms with Crippen LogP contribution in [0.15, 0.2) is 0 Å². The smallest absolute Gasteiger partial charge is 0.147 e. The molecular weight excluding hydrogens is 212 g/mol. The summed E-state index contributed by atoms with van der Waals surface area (Å²) in [6.45, 7) is 1.53. The van der Waals surface area contributed by atoms with Crippen LogP contribution in [0.1, 0.15) is 25.7 Å². The van der Waals surface area contributed by atoms with E-state index in [1.165, 1.54) is 25.5 Å². The molecule has 2 unspecified atom stereocenters. The van der Waals surface area contributed by atoms with E-state index in [1.54, 1.807) is 0 Å². The lowest BCUT2D eigenvalue weighted by molar-refractivity contribution is 0.408. The van der Waals surface area contributed by atoms with E-state index in [-0.39, 0.29) is 5.75 Å². The Morgan fingerprint density at radius 2 is 2.13 bits per heavy atom. The Hall–Kier alpha value is -0.130. The maximum Gasteiger partial charge on any atom is 0.147 e. The molecule has 90 valence electrons. The van der Waals surface area contributed by atoms with Crippen molar-refractivity contribution in [3.63, 3.8) is 0 Å². The maximum atomic E-state index is 10.9. The van der Waals surface area contributed by atoms with Crippen molar-refractivity contribution in [2.75, 3.05) is 25.1 Å². The van der Waals surface area contributed by atoms with Crippen LogP contribution in [-0.4, -0.2) is 39.6 Å². The van der Waals surface area contributed by atoms with Crippen molar-refractivity contribution in [3.8, 4) is 0 Å². The zero-order chi connectivity index (χ0) is 11.3. The van der Waals surface area contributed by atoms with Gasteiger partial charge in [-0.05, 0) is 38.3 Å². The van der Waals surface area contributed by atoms with E-state index < -0.39 is 9.84 Å². The lowest BCUT2D eigenvalue weighted by atomic mass is 10.0. The second-order valence-electron chi connectivity index (χ2n) is 4.47. The van der Waals surface area contributed by atoms with Crippen molar-refractivity contribution >= 4 is 9.84 Å². The highest BCUT2D eigenvalue weighted by molar-refractivity contribution is 7.90. The molecule has 1 aliphatic rings. The lowest BCUT2D eigenvalue weighted by Gasteiger charge is -2.19. The van der Waals surface area contributed by atoms with Gasteiger partial charge in [0.25, 0.3) is 0 Å². The van der Waals surface area contributed by atoms with Gasteiger partial charge in [-0.3, -0.25) is 0 Å². The van der Waals surface area contributed by atoms with E-state index in [2.05, 4.69) is 5.32 Å². The average Bonchev–Trinajstić information content (AvgIpc) is 2.58. The molecule has 0 aliphatic heterocycles. The molecule has 1 aliphatic carbocycles. The number of sulfone groups is 1. The zero-order valence-corrected chi connectivity index (χ0v) is 10.2. The highest BCUT2D eigenvalue weighted by atomic mass is 32.2. The van der Waals surface area contributed by atoms with E-state index in [0.29, 0.717) is 18.4 Å². The number of hydrogen-bond acceptors (Lipinski definition) is 4. The number of nitrogens with one attached hydrogen (secondary N) is 1. The van der Waals surface area contributed by atoms with Crippen LogP contribution in [0, 0.1) is 5.92 Å². The molecule has 0 saturated heterocycles. The second kappa shape index (κ2) is 5.82. The third-order valence-electron chi connectivity index (χ3n) is 3.06. The molecule has 5 heteroatoms. The predicted molar refractivity (Wildman–Crippen MR) is 62.5 cm³/mol. The third-order valence-corrected chi connectivity index (χ3v) is 4.09. The standard InChI is InChI=1S/C10H22N2O2S/c1-15(13,14)7-3-6-12-10-5-2-4-9(10)8-11/h9-10,12H,2-8,11H2,1H3. The fourth-order valence-electron chi connectivity index (χ4n) is 2.21. The minimum absolute atomic E-state index is 0.278. The van der Waals surface area contributed by atoms with Crippen molar-refractivity contribution in [2.24, 2.45) is 11.7 Å². The van der Waals surface area contributed by atoms with Gasteiger partial charge in [-0.25, -0.2) is 8.42 Å². The fourth-order valence-corrected chi connectivity index (χ4v) is 2.88. The van der Waals surface area contributed by atoms with Crippen LogP contribution in [0.5, 0.6) is 0 Å². The second-order valence-corrected chi connectivity index (χ2v) is 6.73. The summed E-state index contributed by atoms with van der Waals surface area (Å²) in [6, 6.07) is 0.509. The Kier molecular flexibility index (Phi) is 5.02. The monoisotopic (exact) mass is 234 g/mol. The minimum atomic E-state index is -2.80. The van der Waals surface area contributed by atoms with E-state index in [1.807, 2.05) is 0 Å². The van der Waals surface area contributed by atoms with E-state index in [4.69, 9.17) is 5.73 Å². The highest BCUT2D eigenvalue weighted by Crippen LogP contribution is 2.24. The quantitative estimate of drug-likeness (QED) is 0.641. The van der Waals surface area contributed by atoms with Gasteiger partial charge in [0.2, 0.25) is 0 Å². The summed E-state index contributed by atoms with van der Waals surface area (Å²) in [5, 5.41) is 3.41. The Bertz CT molecular complexity index is 277. The van der Waals surface area contributed by atoms with Crippen LogP contribution in [0.25, 0.3) is 0 Å². The summed E-state index contributed by atoms with van der Waals surface area (Å²) in [5.74, 6) is 0.864. The summed E-state index contributed by atoms with van der Waals surface area (Å²) in [4.78, 5) is 0. The molecular formula is C10H22N2O2S. The van der Waals surface area contributed by atoms with E-state index in [9.17, 15) is 8.42 Å². The van der Waals surface area contributed by atoms with Gasteiger partial charge < -0.3 is 11.1 Å². The van der Waals surface area contributed by atoms with Crippen molar-refractivity contribution in [1.29, 1.82) is 0 Å². The molecule has 2 atom stereocenters. The summed E-state index contributed by atoms with van der Waals surface area (Å²) in [7, 11) is -2.80. The molecule has 1 saturated carbocycles. The maximum absolute atomic E-state index is 10.9. The van der Waals surface area contributed by atoms with Crippen molar-refractivity contribution < 1.29 is 8.42 Å². The van der Waals surface area contributed by atoms with E-state index >= 15 is 0 Å². The van der Waals surface area contributed by atoms with Crippen LogP contribution >= 0.6 is 0 Å². The molecule has 0 bridgehead atoms. The van der Waals surface area contributed by atoms with Gasteiger partial charge in [0.05, 0.1) is 5.75 Å². The van der Waals surface area contributed by atoms with Gasteiger partial charge in [-0.1, -0.05) is 6.42 Å². The SMILES string of the molecule is CS(=O)(=O)CCCNC1CCCC1CN. The molecule has 0 heterocycles. The lowest BCUT2D eigenvalue weighted by Crippen LogP contribution is -2.36. The molecule has 0 radical (unpaired) electrons. The normalized spacial score (nSPS) is 27.1. The third kappa shape index (κ3) is 4.95. The van der Waals surface area contributed by atoms with Crippen LogP contribution in [0.3, 0.4) is 0 Å². The summed E-state index contributed by atoms with van der Waals surface area (Å²) >= 11 is 0. The molecule has 1 rings (SSSR count). The van der Waals surface area contributed by atoms with Crippen LogP contribution < -0.4 is 11.1 Å². The number of nitrogens with two attached hydrogens (primary N) is 1. The van der Waals surface area contributed by atoms with Gasteiger partial charge in [-0.15, -0.1) is 0 Å². The topological polar surface area (TPSA) is 72.2 Å². The molecule has 0 aromatic rings. The minimum Gasteiger partial charge on any atom is -0.330 e. The first-order valence-electron chi connectivity index (χ1n) is 5.64. The van der Waals surface area contributed by atoms with Crippen LogP contribution in [0.4, 0.5) is 0 Å². The first kappa shape index (κ1) is 12.9. The van der Waals surface area contributed by atoms with Crippen molar-refractivity contribution in [1.82, 2.24) is 5.32 Å². The summed E-state index contributed by atoms with van der Waals surface area (Å²) in [6.07, 6.45) is 5.62. The number of rotatable bonds is 6. The van der Waals surface area contributed by atoms with E-state index in [0.717, 1.165) is 13.1 Å². The van der Waals surface area contributed by atoms with Gasteiger partial charge in [0.1, 0.15) is 9.84 Å². The first-order valence-corrected chi connectivity index (χ1v) is 7.70. The van der Waals surface area contributed by atoms with Gasteiger partial charge >= 0.3 is 0 Å². The molecule has 0 amide bonds. The summed E-state index contributed by atoms with van der Waals surface area (Å²) in [5.41, 5.74) is 5.66. The first-order chi connectivity index (χ1) is 7.03. The molecule has 4 nitrogen and oxygen atoms in total. The molecule has 0 spiro atoms. The van der Waals surface area contributed by atoms with Crippen LogP contribution in [-0.2, 0) is 9.84 Å². The largest absolute Gasteiger partial charge is 0.330 e. The predicted octanol–water partition coefficient (Wildman–Crippen LogP) is 0.138. The zero-order valence-electron chi connectivity index (χ0n) is 9.41. The molecule has 0 aromatic heterocycles. The molecule has 15 heavy (non-hydrogen) atoms. The average molecular weight is 234 g/mol. The summed E-state index contributed by atoms with van der Waals surface area (Å²) < 4.78 is 21.8. The van der Waals surface area contributed by atoms with Crippen LogP contribution in [0.2, 0.25) is 0 Å². The molecule has 3 N–H and O–H groups in total. The van der Waals surface area contributed by atoms with Crippen molar-refractivity contribution in [3.05, 3.63) is 0 Å². The van der Waals surface area contributed by atoms with Gasteiger partial charge in [0.15, 0.2) is 0 Å². The van der Waals surface area contributed by atoms with Gasteiger partial charge in [0, 0.05) is 12.3 Å². The molecule has 0 aromatic carbocycles. The Morgan fingerprint density at radius 1 is 1.40 bits per heavy atom. The Balaban J connectivity index is 2.15. The molecule has 1 fully saturated rings. The van der Waals surface area contributed by atoms with Gasteiger partial charge in [-0.2, -0.15) is 0 Å².